The van der Waals surface area contributed by atoms with E-state index < -0.39 is 22.8 Å². The van der Waals surface area contributed by atoms with Crippen molar-refractivity contribution in [1.29, 1.82) is 0 Å². The van der Waals surface area contributed by atoms with Gasteiger partial charge in [0.05, 0.1) is 5.69 Å². The molecule has 1 heterocycles. The van der Waals surface area contributed by atoms with Gasteiger partial charge in [-0.3, -0.25) is 4.57 Å². The summed E-state index contributed by atoms with van der Waals surface area (Å²) in [4.78, 5) is 4.27. The van der Waals surface area contributed by atoms with Gasteiger partial charge in [0.25, 0.3) is 6.08 Å². The van der Waals surface area contributed by atoms with Crippen molar-refractivity contribution in [3.63, 3.8) is 0 Å². The van der Waals surface area contributed by atoms with Crippen molar-refractivity contribution in [2.45, 2.75) is 25.3 Å². The predicted molar refractivity (Wildman–Crippen MR) is 129 cm³/mol. The van der Waals surface area contributed by atoms with Gasteiger partial charge < -0.3 is 4.55 Å². The second kappa shape index (κ2) is 10.2. The smallest absolute Gasteiger partial charge is 0.290 e. The van der Waals surface area contributed by atoms with Crippen molar-refractivity contribution in [3.05, 3.63) is 126 Å². The van der Waals surface area contributed by atoms with Gasteiger partial charge in [-0.1, -0.05) is 102 Å². The highest BCUT2D eigenvalue weighted by molar-refractivity contribution is 7.91. The standard InChI is InChI=1S/C27H27FN2OS/c1-2-32(31)20-12-19-25-21-30(26(28)29-25)27(22-13-6-3-7-14-22,23-15-8-4-9-16-23)24-17-10-5-11-18-24/h3-11,13-18,21H,2,12,19-20H2,1H3. The van der Waals surface area contributed by atoms with E-state index in [4.69, 9.17) is 0 Å². The third kappa shape index (κ3) is 4.36. The van der Waals surface area contributed by atoms with Crippen molar-refractivity contribution in [2.24, 2.45) is 0 Å². The number of rotatable bonds is 9. The monoisotopic (exact) mass is 446 g/mol. The molecular weight excluding hydrogens is 419 g/mol. The molecule has 3 nitrogen and oxygen atoms in total. The molecule has 0 spiro atoms. The number of hydrogen-bond donors (Lipinski definition) is 0. The molecular formula is C27H27FN2OS. The first-order chi connectivity index (χ1) is 15.7. The van der Waals surface area contributed by atoms with Crippen LogP contribution in [0, 0.1) is 6.08 Å². The maximum atomic E-state index is 15.6. The lowest BCUT2D eigenvalue weighted by Gasteiger charge is -2.37. The third-order valence-electron chi connectivity index (χ3n) is 5.78. The Kier molecular flexibility index (Phi) is 7.08. The summed E-state index contributed by atoms with van der Waals surface area (Å²) in [6.07, 6.45) is 2.58. The molecule has 5 heteroatoms. The molecule has 4 rings (SSSR count). The molecule has 0 saturated heterocycles. The summed E-state index contributed by atoms with van der Waals surface area (Å²) in [5.74, 6) is 1.24. The fraction of sp³-hybridized carbons (Fsp3) is 0.222. The minimum absolute atomic E-state index is 0.534. The van der Waals surface area contributed by atoms with Crippen LogP contribution in [0.4, 0.5) is 4.39 Å². The topological polar surface area (TPSA) is 40.9 Å². The van der Waals surface area contributed by atoms with E-state index >= 15 is 4.39 Å². The minimum atomic E-state index is -0.911. The Bertz CT molecular complexity index is 1020. The summed E-state index contributed by atoms with van der Waals surface area (Å²) >= 11 is -0.834. The zero-order chi connectivity index (χ0) is 22.4. The maximum Gasteiger partial charge on any atom is 0.290 e. The molecule has 0 saturated carbocycles. The molecule has 1 unspecified atom stereocenters. The molecule has 0 fully saturated rings. The summed E-state index contributed by atoms with van der Waals surface area (Å²) < 4.78 is 29.1. The molecule has 3 aromatic carbocycles. The SMILES string of the molecule is CC[S+]([O-])CCCc1cn(C(c2ccccc2)(c2ccccc2)c2ccccc2)c(F)n1. The van der Waals surface area contributed by atoms with Crippen LogP contribution >= 0.6 is 0 Å². The van der Waals surface area contributed by atoms with Crippen LogP contribution in [0.25, 0.3) is 0 Å². The van der Waals surface area contributed by atoms with Crippen molar-refractivity contribution in [1.82, 2.24) is 9.55 Å². The molecule has 164 valence electrons. The van der Waals surface area contributed by atoms with Crippen LogP contribution in [0.5, 0.6) is 0 Å². The van der Waals surface area contributed by atoms with Crippen LogP contribution in [0.3, 0.4) is 0 Å². The van der Waals surface area contributed by atoms with E-state index in [-0.39, 0.29) is 0 Å². The average Bonchev–Trinajstić information content (AvgIpc) is 3.22. The van der Waals surface area contributed by atoms with Crippen LogP contribution in [0.1, 0.15) is 35.7 Å². The Morgan fingerprint density at radius 1 is 0.844 bits per heavy atom. The molecule has 4 aromatic rings. The Hall–Kier alpha value is -2.89. The quantitative estimate of drug-likeness (QED) is 0.249. The molecule has 0 N–H and O–H groups in total. The first-order valence-electron chi connectivity index (χ1n) is 10.9. The zero-order valence-corrected chi connectivity index (χ0v) is 19.0. The van der Waals surface area contributed by atoms with Gasteiger partial charge in [0.1, 0.15) is 17.0 Å². The van der Waals surface area contributed by atoms with Crippen LogP contribution in [-0.2, 0) is 23.1 Å². The van der Waals surface area contributed by atoms with Crippen molar-refractivity contribution < 1.29 is 8.94 Å². The van der Waals surface area contributed by atoms with Crippen LogP contribution in [0.15, 0.2) is 97.2 Å². The summed E-state index contributed by atoms with van der Waals surface area (Å²) in [6.45, 7) is 1.92. The number of imidazole rings is 1. The van der Waals surface area contributed by atoms with Crippen molar-refractivity contribution >= 4 is 11.2 Å². The molecule has 0 radical (unpaired) electrons. The molecule has 1 aromatic heterocycles. The predicted octanol–water partition coefficient (Wildman–Crippen LogP) is 5.56. The average molecular weight is 447 g/mol. The lowest BCUT2D eigenvalue weighted by atomic mass is 9.76. The van der Waals surface area contributed by atoms with E-state index in [1.165, 1.54) is 0 Å². The van der Waals surface area contributed by atoms with E-state index in [1.54, 1.807) is 4.57 Å². The fourth-order valence-corrected chi connectivity index (χ4v) is 5.03. The first kappa shape index (κ1) is 22.3. The van der Waals surface area contributed by atoms with E-state index in [2.05, 4.69) is 4.98 Å². The second-order valence-corrected chi connectivity index (χ2v) is 9.58. The highest BCUT2D eigenvalue weighted by Crippen LogP contribution is 2.41. The number of aromatic nitrogens is 2. The highest BCUT2D eigenvalue weighted by Gasteiger charge is 2.40. The Morgan fingerprint density at radius 3 is 1.75 bits per heavy atom. The van der Waals surface area contributed by atoms with Gasteiger partial charge in [0.2, 0.25) is 0 Å². The first-order valence-corrected chi connectivity index (χ1v) is 12.4. The molecule has 0 amide bonds. The largest absolute Gasteiger partial charge is 0.616 e. The molecule has 0 aliphatic rings. The maximum absolute atomic E-state index is 15.6. The second-order valence-electron chi connectivity index (χ2n) is 7.72. The van der Waals surface area contributed by atoms with Gasteiger partial charge in [-0.2, -0.15) is 4.39 Å². The van der Waals surface area contributed by atoms with Gasteiger partial charge in [0, 0.05) is 6.20 Å². The summed E-state index contributed by atoms with van der Waals surface area (Å²) in [6, 6.07) is 30.0. The van der Waals surface area contributed by atoms with E-state index in [0.717, 1.165) is 16.7 Å². The summed E-state index contributed by atoms with van der Waals surface area (Å²) in [5, 5.41) is 0. The molecule has 32 heavy (non-hydrogen) atoms. The Morgan fingerprint density at radius 2 is 1.31 bits per heavy atom. The number of benzene rings is 3. The van der Waals surface area contributed by atoms with Crippen LogP contribution in [0.2, 0.25) is 0 Å². The Balaban J connectivity index is 1.89. The van der Waals surface area contributed by atoms with Crippen molar-refractivity contribution in [2.75, 3.05) is 11.5 Å². The van der Waals surface area contributed by atoms with E-state index in [1.807, 2.05) is 104 Å². The van der Waals surface area contributed by atoms with Gasteiger partial charge in [-0.15, -0.1) is 0 Å². The lowest BCUT2D eigenvalue weighted by molar-refractivity contribution is 0.397. The van der Waals surface area contributed by atoms with Crippen molar-refractivity contribution in [3.8, 4) is 0 Å². The van der Waals surface area contributed by atoms with E-state index in [9.17, 15) is 4.55 Å². The number of nitrogens with zero attached hydrogens (tertiary/aromatic N) is 2. The summed E-state index contributed by atoms with van der Waals surface area (Å²) in [7, 11) is 0. The highest BCUT2D eigenvalue weighted by atomic mass is 32.2. The van der Waals surface area contributed by atoms with Gasteiger partial charge in [-0.25, -0.2) is 4.98 Å². The molecule has 0 aliphatic carbocycles. The third-order valence-corrected chi connectivity index (χ3v) is 7.16. The zero-order valence-electron chi connectivity index (χ0n) is 18.2. The van der Waals surface area contributed by atoms with Crippen LogP contribution < -0.4 is 0 Å². The fourth-order valence-electron chi connectivity index (χ4n) is 4.27. The number of aryl methyl sites for hydroxylation is 1. The number of hydrogen-bond acceptors (Lipinski definition) is 2. The molecule has 1 atom stereocenters. The van der Waals surface area contributed by atoms with Gasteiger partial charge in [-0.05, 0) is 36.5 Å². The lowest BCUT2D eigenvalue weighted by Crippen LogP contribution is -2.38. The normalized spacial score (nSPS) is 12.6. The van der Waals surface area contributed by atoms with Gasteiger partial charge >= 0.3 is 0 Å². The Labute approximate surface area is 192 Å². The number of halogens is 1. The summed E-state index contributed by atoms with van der Waals surface area (Å²) in [5.41, 5.74) is 2.61. The van der Waals surface area contributed by atoms with Crippen LogP contribution in [-0.4, -0.2) is 25.6 Å². The molecule has 0 aliphatic heterocycles. The van der Waals surface area contributed by atoms with E-state index in [0.29, 0.717) is 30.0 Å². The molecule has 0 bridgehead atoms. The minimum Gasteiger partial charge on any atom is -0.616 e. The van der Waals surface area contributed by atoms with Gasteiger partial charge in [0.15, 0.2) is 0 Å².